The molecule has 0 rings (SSSR count). The van der Waals surface area contributed by atoms with Gasteiger partial charge in [0.1, 0.15) is 5.75 Å². The monoisotopic (exact) mass is 661 g/mol. The van der Waals surface area contributed by atoms with Crippen molar-refractivity contribution in [1.82, 2.24) is 9.62 Å². The molecule has 0 radical (unpaired) electrons. The summed E-state index contributed by atoms with van der Waals surface area (Å²) < 4.78 is 16.3. The highest BCUT2D eigenvalue weighted by Gasteiger charge is 2.16. The molecule has 0 aliphatic rings. The van der Waals surface area contributed by atoms with E-state index in [2.05, 4.69) is 86.2 Å². The highest BCUT2D eigenvalue weighted by Crippen LogP contribution is 2.16. The van der Waals surface area contributed by atoms with Crippen LogP contribution in [0.3, 0.4) is 0 Å². The molecule has 0 aromatic carbocycles. The van der Waals surface area contributed by atoms with Crippen LogP contribution in [0.2, 0.25) is 0 Å². The average Bonchev–Trinajstić information content (AvgIpc) is 3.04. The van der Waals surface area contributed by atoms with Crippen LogP contribution in [0.25, 0.3) is 0 Å². The Bertz CT molecular complexity index is 654. The lowest BCUT2D eigenvalue weighted by molar-refractivity contribution is 0.406. The molecule has 0 aliphatic heterocycles. The molecule has 46 heavy (non-hydrogen) atoms. The molecule has 0 fully saturated rings. The van der Waals surface area contributed by atoms with Gasteiger partial charge in [0.15, 0.2) is 0 Å². The summed E-state index contributed by atoms with van der Waals surface area (Å²) in [5.74, 6) is 0.766. The molecule has 0 saturated carbocycles. The Kier molecular flexibility index (Phi) is 38.0. The number of nitrogens with zero attached hydrogens (tertiary/aromatic N) is 1. The first-order valence-electron chi connectivity index (χ1n) is 20.0. The van der Waals surface area contributed by atoms with Gasteiger partial charge < -0.3 is 9.45 Å². The van der Waals surface area contributed by atoms with Crippen molar-refractivity contribution in [2.24, 2.45) is 0 Å². The van der Waals surface area contributed by atoms with Gasteiger partial charge in [-0.2, -0.15) is 0 Å². The van der Waals surface area contributed by atoms with E-state index in [0.717, 1.165) is 31.6 Å². The van der Waals surface area contributed by atoms with E-state index in [1.165, 1.54) is 154 Å². The molecule has 0 spiro atoms. The van der Waals surface area contributed by atoms with Crippen molar-refractivity contribution in [2.75, 3.05) is 26.4 Å². The van der Waals surface area contributed by atoms with Gasteiger partial charge in [0, 0.05) is 24.3 Å². The van der Waals surface area contributed by atoms with Crippen molar-refractivity contribution in [2.45, 2.75) is 193 Å². The van der Waals surface area contributed by atoms with Crippen molar-refractivity contribution in [3.63, 3.8) is 0 Å². The lowest BCUT2D eigenvalue weighted by Crippen LogP contribution is -2.37. The SMILES string of the molecule is CCCCC/C=C\C/C=C\CCCCCCCCC(CCCCCCCC/C=C\C/C=C\CCCCC)N[S+]([O-])CCCN(C)C. The van der Waals surface area contributed by atoms with Crippen LogP contribution < -0.4 is 4.72 Å². The van der Waals surface area contributed by atoms with E-state index in [1.54, 1.807) is 0 Å². The van der Waals surface area contributed by atoms with Crippen molar-refractivity contribution < 1.29 is 4.55 Å². The highest BCUT2D eigenvalue weighted by atomic mass is 32.2. The summed E-state index contributed by atoms with van der Waals surface area (Å²) in [5, 5.41) is 0. The minimum atomic E-state index is -0.901. The minimum absolute atomic E-state index is 0.414. The van der Waals surface area contributed by atoms with Gasteiger partial charge in [0.05, 0.1) is 6.04 Å². The van der Waals surface area contributed by atoms with Crippen LogP contribution in [0.15, 0.2) is 48.6 Å². The maximum absolute atomic E-state index is 12.7. The average molecular weight is 661 g/mol. The fourth-order valence-electron chi connectivity index (χ4n) is 5.78. The fraction of sp³-hybridized carbons (Fsp3) is 0.810. The Labute approximate surface area is 292 Å². The molecule has 0 bridgehead atoms. The summed E-state index contributed by atoms with van der Waals surface area (Å²) in [6.07, 6.45) is 53.1. The van der Waals surface area contributed by atoms with Gasteiger partial charge in [0.2, 0.25) is 0 Å². The zero-order valence-corrected chi connectivity index (χ0v) is 32.3. The Morgan fingerprint density at radius 1 is 0.500 bits per heavy atom. The third-order valence-corrected chi connectivity index (χ3v) is 10.00. The molecule has 0 heterocycles. The first kappa shape index (κ1) is 45.2. The molecule has 0 aromatic heterocycles. The van der Waals surface area contributed by atoms with Crippen molar-refractivity contribution in [3.8, 4) is 0 Å². The zero-order valence-electron chi connectivity index (χ0n) is 31.5. The van der Waals surface area contributed by atoms with Crippen LogP contribution in [0.1, 0.15) is 187 Å². The van der Waals surface area contributed by atoms with Gasteiger partial charge in [-0.05, 0) is 91.1 Å². The predicted octanol–water partition coefficient (Wildman–Crippen LogP) is 13.0. The number of hydrogen-bond acceptors (Lipinski definition) is 3. The third-order valence-electron chi connectivity index (χ3n) is 8.74. The van der Waals surface area contributed by atoms with E-state index in [4.69, 9.17) is 0 Å². The first-order valence-corrected chi connectivity index (χ1v) is 21.3. The molecule has 1 atom stereocenters. The van der Waals surface area contributed by atoms with E-state index in [-0.39, 0.29) is 0 Å². The standard InChI is InChI=1S/C42H80N2OS/c1-5-7-9-11-13-15-17-19-21-23-25-27-29-31-33-35-38-42(43-46(45)41-37-40-44(3)4)39-36-34-32-30-28-26-24-22-20-18-16-14-12-10-8-6-2/h13-16,19-22,42-43H,5-12,17-18,23-41H2,1-4H3/b15-13-,16-14-,21-19-,22-20-. The molecule has 4 heteroatoms. The van der Waals surface area contributed by atoms with Gasteiger partial charge in [-0.3, -0.25) is 0 Å². The molecule has 0 aromatic rings. The molecule has 1 N–H and O–H groups in total. The van der Waals surface area contributed by atoms with Crippen LogP contribution in [0.5, 0.6) is 0 Å². The molecule has 3 nitrogen and oxygen atoms in total. The molecule has 270 valence electrons. The van der Waals surface area contributed by atoms with Crippen molar-refractivity contribution in [3.05, 3.63) is 48.6 Å². The summed E-state index contributed by atoms with van der Waals surface area (Å²) in [4.78, 5) is 2.18. The van der Waals surface area contributed by atoms with Gasteiger partial charge in [-0.1, -0.05) is 152 Å². The summed E-state index contributed by atoms with van der Waals surface area (Å²) in [6.45, 7) is 5.54. The topological polar surface area (TPSA) is 38.3 Å². The van der Waals surface area contributed by atoms with Gasteiger partial charge in [0.25, 0.3) is 0 Å². The normalized spacial score (nSPS) is 13.3. The Hall–Kier alpha value is -0.810. The van der Waals surface area contributed by atoms with E-state index < -0.39 is 11.4 Å². The largest absolute Gasteiger partial charge is 0.598 e. The Morgan fingerprint density at radius 3 is 1.26 bits per heavy atom. The fourth-order valence-corrected chi connectivity index (χ4v) is 6.89. The maximum Gasteiger partial charge on any atom is 0.126 e. The number of unbranched alkanes of at least 4 members (excludes halogenated alkanes) is 18. The van der Waals surface area contributed by atoms with Crippen LogP contribution in [0, 0.1) is 0 Å². The quantitative estimate of drug-likeness (QED) is 0.0413. The summed E-state index contributed by atoms with van der Waals surface area (Å²) in [7, 11) is 4.19. The van der Waals surface area contributed by atoms with E-state index in [1.807, 2.05) is 0 Å². The van der Waals surface area contributed by atoms with Crippen molar-refractivity contribution in [1.29, 1.82) is 0 Å². The molecule has 0 saturated heterocycles. The van der Waals surface area contributed by atoms with Gasteiger partial charge in [-0.15, -0.1) is 4.72 Å². The lowest BCUT2D eigenvalue weighted by atomic mass is 10.0. The second kappa shape index (κ2) is 38.6. The van der Waals surface area contributed by atoms with Crippen LogP contribution >= 0.6 is 0 Å². The smallest absolute Gasteiger partial charge is 0.126 e. The lowest BCUT2D eigenvalue weighted by Gasteiger charge is -2.21. The zero-order chi connectivity index (χ0) is 33.6. The molecule has 0 aliphatic carbocycles. The van der Waals surface area contributed by atoms with E-state index in [0.29, 0.717) is 6.04 Å². The number of hydrogen-bond donors (Lipinski definition) is 1. The third kappa shape index (κ3) is 37.6. The van der Waals surface area contributed by atoms with Crippen LogP contribution in [-0.2, 0) is 11.4 Å². The maximum atomic E-state index is 12.7. The molecule has 0 amide bonds. The Balaban J connectivity index is 4.01. The second-order valence-electron chi connectivity index (χ2n) is 13.8. The summed E-state index contributed by atoms with van der Waals surface area (Å²) in [6, 6.07) is 0.414. The van der Waals surface area contributed by atoms with E-state index in [9.17, 15) is 4.55 Å². The Morgan fingerprint density at radius 2 is 0.870 bits per heavy atom. The van der Waals surface area contributed by atoms with Crippen LogP contribution in [0.4, 0.5) is 0 Å². The number of nitrogens with one attached hydrogen (secondary N) is 1. The van der Waals surface area contributed by atoms with Gasteiger partial charge in [-0.25, -0.2) is 0 Å². The molecule has 1 unspecified atom stereocenters. The van der Waals surface area contributed by atoms with Crippen molar-refractivity contribution >= 4 is 11.4 Å². The molecular formula is C42H80N2OS. The number of allylic oxidation sites excluding steroid dienone is 8. The van der Waals surface area contributed by atoms with E-state index >= 15 is 0 Å². The molecular weight excluding hydrogens is 581 g/mol. The summed E-state index contributed by atoms with van der Waals surface area (Å²) in [5.41, 5.74) is 0. The van der Waals surface area contributed by atoms with Gasteiger partial charge >= 0.3 is 0 Å². The predicted molar refractivity (Wildman–Crippen MR) is 211 cm³/mol. The highest BCUT2D eigenvalue weighted by molar-refractivity contribution is 7.89. The summed E-state index contributed by atoms with van der Waals surface area (Å²) >= 11 is -0.901. The minimum Gasteiger partial charge on any atom is -0.598 e. The number of rotatable bonds is 36. The van der Waals surface area contributed by atoms with Crippen LogP contribution in [-0.4, -0.2) is 41.9 Å². The first-order chi connectivity index (χ1) is 22.6. The second-order valence-corrected chi connectivity index (χ2v) is 15.1.